The molecule has 0 aliphatic carbocycles. The van der Waals surface area contributed by atoms with Crippen LogP contribution in [0.25, 0.3) is 0 Å². The summed E-state index contributed by atoms with van der Waals surface area (Å²) in [6, 6.07) is 15.7. The van der Waals surface area contributed by atoms with Crippen molar-refractivity contribution in [3.63, 3.8) is 0 Å². The van der Waals surface area contributed by atoms with Crippen LogP contribution in [0, 0.1) is 5.82 Å². The van der Waals surface area contributed by atoms with E-state index in [-0.39, 0.29) is 23.4 Å². The second kappa shape index (κ2) is 11.5. The fraction of sp³-hybridized carbons (Fsp3) is 0.364. The Morgan fingerprint density at radius 1 is 1.07 bits per heavy atom. The van der Waals surface area contributed by atoms with Crippen molar-refractivity contribution < 1.29 is 14.0 Å². The lowest BCUT2D eigenvalue weighted by Crippen LogP contribution is -2.49. The molecule has 2 aromatic carbocycles. The molecule has 0 aromatic heterocycles. The molecule has 0 spiro atoms. The third-order valence-electron chi connectivity index (χ3n) is 4.41. The molecule has 0 aliphatic rings. The third kappa shape index (κ3) is 7.00. The van der Waals surface area contributed by atoms with Crippen molar-refractivity contribution >= 4 is 23.6 Å². The van der Waals surface area contributed by atoms with Gasteiger partial charge in [-0.3, -0.25) is 9.59 Å². The Morgan fingerprint density at radius 3 is 2.39 bits per heavy atom. The number of halogens is 1. The average molecular weight is 403 g/mol. The van der Waals surface area contributed by atoms with E-state index in [4.69, 9.17) is 0 Å². The summed E-state index contributed by atoms with van der Waals surface area (Å²) in [4.78, 5) is 26.8. The lowest BCUT2D eigenvalue weighted by atomic mass is 10.1. The topological polar surface area (TPSA) is 49.4 Å². The number of carbonyl (C=O) groups is 2. The first-order valence-corrected chi connectivity index (χ1v) is 10.6. The molecule has 0 unspecified atom stereocenters. The first-order valence-electron chi connectivity index (χ1n) is 9.44. The maximum absolute atomic E-state index is 13.0. The highest BCUT2D eigenvalue weighted by Gasteiger charge is 2.25. The van der Waals surface area contributed by atoms with Crippen molar-refractivity contribution in [2.24, 2.45) is 0 Å². The second-order valence-corrected chi connectivity index (χ2v) is 7.50. The fourth-order valence-electron chi connectivity index (χ4n) is 2.81. The van der Waals surface area contributed by atoms with Gasteiger partial charge in [0.1, 0.15) is 11.9 Å². The lowest BCUT2D eigenvalue weighted by Gasteiger charge is -2.28. The molecule has 0 bridgehead atoms. The van der Waals surface area contributed by atoms with Crippen molar-refractivity contribution in [1.82, 2.24) is 10.2 Å². The number of likely N-dealkylation sites (N-methyl/N-ethyl adjacent to an activating group) is 1. The molecule has 6 heteroatoms. The van der Waals surface area contributed by atoms with Gasteiger partial charge in [-0.05, 0) is 43.5 Å². The molecular formula is C22H27FN2O2S. The van der Waals surface area contributed by atoms with Crippen LogP contribution in [0.1, 0.15) is 25.0 Å². The van der Waals surface area contributed by atoms with E-state index < -0.39 is 6.04 Å². The number of nitrogens with zero attached hydrogens (tertiary/aromatic N) is 1. The molecule has 0 radical (unpaired) electrons. The molecule has 0 heterocycles. The number of rotatable bonds is 10. The highest BCUT2D eigenvalue weighted by molar-refractivity contribution is 7.99. The van der Waals surface area contributed by atoms with Gasteiger partial charge in [-0.15, -0.1) is 11.8 Å². The molecule has 0 fully saturated rings. The van der Waals surface area contributed by atoms with Gasteiger partial charge in [-0.2, -0.15) is 0 Å². The summed E-state index contributed by atoms with van der Waals surface area (Å²) in [5, 5.41) is 2.79. The van der Waals surface area contributed by atoms with Gasteiger partial charge in [0.25, 0.3) is 0 Å². The van der Waals surface area contributed by atoms with E-state index in [2.05, 4.69) is 5.32 Å². The van der Waals surface area contributed by atoms with Crippen LogP contribution >= 0.6 is 11.8 Å². The van der Waals surface area contributed by atoms with Gasteiger partial charge in [0.05, 0.1) is 5.75 Å². The molecular weight excluding hydrogens is 375 g/mol. The summed E-state index contributed by atoms with van der Waals surface area (Å²) < 4.78 is 13.0. The Balaban J connectivity index is 1.96. The molecule has 2 aromatic rings. The first kappa shape index (κ1) is 22.0. The molecule has 1 N–H and O–H groups in total. The van der Waals surface area contributed by atoms with Gasteiger partial charge >= 0.3 is 0 Å². The highest BCUT2D eigenvalue weighted by atomic mass is 32.2. The van der Waals surface area contributed by atoms with E-state index in [1.165, 1.54) is 23.9 Å². The monoisotopic (exact) mass is 402 g/mol. The molecule has 0 aliphatic heterocycles. The zero-order chi connectivity index (χ0) is 20.4. The van der Waals surface area contributed by atoms with Crippen LogP contribution in [0.4, 0.5) is 4.39 Å². The summed E-state index contributed by atoms with van der Waals surface area (Å²) in [5.74, 6) is 0.409. The summed E-state index contributed by atoms with van der Waals surface area (Å²) in [6.07, 6.45) is 0.693. The predicted octanol–water partition coefficient (Wildman–Crippen LogP) is 3.65. The van der Waals surface area contributed by atoms with Gasteiger partial charge in [-0.25, -0.2) is 4.39 Å². The zero-order valence-corrected chi connectivity index (χ0v) is 17.2. The van der Waals surface area contributed by atoms with Gasteiger partial charge in [0.2, 0.25) is 11.8 Å². The molecule has 2 rings (SSSR count). The zero-order valence-electron chi connectivity index (χ0n) is 16.4. The number of thioether (sulfide) groups is 1. The largest absolute Gasteiger partial charge is 0.355 e. The van der Waals surface area contributed by atoms with Crippen molar-refractivity contribution in [3.05, 3.63) is 71.5 Å². The van der Waals surface area contributed by atoms with Crippen LogP contribution in [-0.4, -0.2) is 41.6 Å². The lowest BCUT2D eigenvalue weighted by molar-refractivity contribution is -0.137. The minimum absolute atomic E-state index is 0.0678. The van der Waals surface area contributed by atoms with E-state index in [0.717, 1.165) is 11.1 Å². The number of carbonyl (C=O) groups excluding carboxylic acids is 2. The number of amides is 2. The molecule has 0 saturated carbocycles. The summed E-state index contributed by atoms with van der Waals surface area (Å²) >= 11 is 1.47. The quantitative estimate of drug-likeness (QED) is 0.660. The Bertz CT molecular complexity index is 753. The maximum atomic E-state index is 13.0. The van der Waals surface area contributed by atoms with Crippen LogP contribution < -0.4 is 5.32 Å². The summed E-state index contributed by atoms with van der Waals surface area (Å²) in [5.41, 5.74) is 2.09. The number of nitrogens with one attached hydrogen (secondary N) is 1. The predicted molar refractivity (Wildman–Crippen MR) is 113 cm³/mol. The molecule has 28 heavy (non-hydrogen) atoms. The van der Waals surface area contributed by atoms with Crippen molar-refractivity contribution in [2.45, 2.75) is 32.1 Å². The Morgan fingerprint density at radius 2 is 1.75 bits per heavy atom. The third-order valence-corrected chi connectivity index (χ3v) is 5.40. The van der Waals surface area contributed by atoms with Crippen LogP contribution in [0.3, 0.4) is 0 Å². The van der Waals surface area contributed by atoms with Gasteiger partial charge in [0, 0.05) is 18.8 Å². The Kier molecular flexibility index (Phi) is 9.01. The highest BCUT2D eigenvalue weighted by Crippen LogP contribution is 2.15. The van der Waals surface area contributed by atoms with E-state index in [9.17, 15) is 14.0 Å². The SMILES string of the molecule is CCNC(=O)[C@H](C)N(CCc1ccccc1)C(=O)CSCc1ccc(F)cc1. The summed E-state index contributed by atoms with van der Waals surface area (Å²) in [6.45, 7) is 4.64. The van der Waals surface area contributed by atoms with Crippen molar-refractivity contribution in [1.29, 1.82) is 0 Å². The molecule has 1 atom stereocenters. The van der Waals surface area contributed by atoms with Gasteiger partial charge < -0.3 is 10.2 Å². The number of hydrogen-bond acceptors (Lipinski definition) is 3. The molecule has 2 amide bonds. The fourth-order valence-corrected chi connectivity index (χ4v) is 3.68. The van der Waals surface area contributed by atoms with Crippen molar-refractivity contribution in [3.8, 4) is 0 Å². The standard InChI is InChI=1S/C22H27FN2O2S/c1-3-24-22(27)17(2)25(14-13-18-7-5-4-6-8-18)21(26)16-28-15-19-9-11-20(23)12-10-19/h4-12,17H,3,13-16H2,1-2H3,(H,24,27)/t17-/m0/s1. The normalized spacial score (nSPS) is 11.7. The smallest absolute Gasteiger partial charge is 0.242 e. The van der Waals surface area contributed by atoms with Crippen LogP contribution in [0.2, 0.25) is 0 Å². The minimum atomic E-state index is -0.525. The number of hydrogen-bond donors (Lipinski definition) is 1. The molecule has 0 saturated heterocycles. The minimum Gasteiger partial charge on any atom is -0.355 e. The van der Waals surface area contributed by atoms with Crippen LogP contribution in [0.15, 0.2) is 54.6 Å². The van der Waals surface area contributed by atoms with Crippen LogP contribution in [-0.2, 0) is 21.8 Å². The van der Waals surface area contributed by atoms with E-state index >= 15 is 0 Å². The maximum Gasteiger partial charge on any atom is 0.242 e. The Labute approximate surface area is 170 Å². The summed E-state index contributed by atoms with van der Waals surface area (Å²) in [7, 11) is 0. The van der Waals surface area contributed by atoms with E-state index in [0.29, 0.717) is 25.3 Å². The van der Waals surface area contributed by atoms with E-state index in [1.54, 1.807) is 24.0 Å². The molecule has 150 valence electrons. The molecule has 4 nitrogen and oxygen atoms in total. The second-order valence-electron chi connectivity index (χ2n) is 6.51. The van der Waals surface area contributed by atoms with Gasteiger partial charge in [0.15, 0.2) is 0 Å². The number of benzene rings is 2. The van der Waals surface area contributed by atoms with Crippen LogP contribution in [0.5, 0.6) is 0 Å². The van der Waals surface area contributed by atoms with E-state index in [1.807, 2.05) is 37.3 Å². The van der Waals surface area contributed by atoms with Crippen molar-refractivity contribution in [2.75, 3.05) is 18.8 Å². The van der Waals surface area contributed by atoms with Gasteiger partial charge in [-0.1, -0.05) is 42.5 Å². The first-order chi connectivity index (χ1) is 13.5. The Hall–Kier alpha value is -2.34. The average Bonchev–Trinajstić information content (AvgIpc) is 2.70.